The van der Waals surface area contributed by atoms with Crippen molar-refractivity contribution in [1.82, 2.24) is 10.7 Å². The Bertz CT molecular complexity index is 1230. The Morgan fingerprint density at radius 3 is 2.64 bits per heavy atom. The SMILES string of the molecule is COc1ccccc1C(=O)N/N=C1\CCCc2oc(C(=O)NCc3ccccc3Cl)c(C)c21. The van der Waals surface area contributed by atoms with Crippen LogP contribution < -0.4 is 15.5 Å². The number of furan rings is 1. The van der Waals surface area contributed by atoms with Crippen LogP contribution in [0.2, 0.25) is 5.02 Å². The Hall–Kier alpha value is -3.58. The van der Waals surface area contributed by atoms with Gasteiger partial charge in [-0.2, -0.15) is 5.10 Å². The maximum absolute atomic E-state index is 12.8. The largest absolute Gasteiger partial charge is 0.496 e. The Morgan fingerprint density at radius 1 is 1.09 bits per heavy atom. The van der Waals surface area contributed by atoms with Gasteiger partial charge in [-0.15, -0.1) is 0 Å². The molecule has 1 aliphatic carbocycles. The van der Waals surface area contributed by atoms with E-state index in [1.54, 1.807) is 30.3 Å². The van der Waals surface area contributed by atoms with Gasteiger partial charge in [-0.05, 0) is 43.5 Å². The molecule has 0 unspecified atom stereocenters. The minimum Gasteiger partial charge on any atom is -0.496 e. The molecule has 3 aromatic rings. The monoisotopic (exact) mass is 465 g/mol. The smallest absolute Gasteiger partial charge is 0.287 e. The number of halogens is 1. The van der Waals surface area contributed by atoms with Crippen molar-refractivity contribution >= 4 is 29.1 Å². The third kappa shape index (κ3) is 4.78. The van der Waals surface area contributed by atoms with Gasteiger partial charge in [0, 0.05) is 29.1 Å². The molecule has 2 amide bonds. The number of hydrogen-bond acceptors (Lipinski definition) is 5. The summed E-state index contributed by atoms with van der Waals surface area (Å²) in [4.78, 5) is 25.5. The Labute approximate surface area is 196 Å². The predicted octanol–water partition coefficient (Wildman–Crippen LogP) is 4.65. The number of methoxy groups -OCH3 is 1. The van der Waals surface area contributed by atoms with E-state index in [9.17, 15) is 9.59 Å². The summed E-state index contributed by atoms with van der Waals surface area (Å²) >= 11 is 6.18. The van der Waals surface area contributed by atoms with Crippen molar-refractivity contribution in [1.29, 1.82) is 0 Å². The Balaban J connectivity index is 1.53. The zero-order chi connectivity index (χ0) is 23.4. The fraction of sp³-hybridized carbons (Fsp3) is 0.240. The fourth-order valence-electron chi connectivity index (χ4n) is 3.90. The van der Waals surface area contributed by atoms with Gasteiger partial charge in [0.05, 0.1) is 18.4 Å². The number of nitrogens with one attached hydrogen (secondary N) is 2. The Morgan fingerprint density at radius 2 is 1.85 bits per heavy atom. The molecule has 1 heterocycles. The van der Waals surface area contributed by atoms with Gasteiger partial charge < -0.3 is 14.5 Å². The third-order valence-electron chi connectivity index (χ3n) is 5.57. The number of carbonyl (C=O) groups is 2. The van der Waals surface area contributed by atoms with Gasteiger partial charge in [-0.3, -0.25) is 9.59 Å². The summed E-state index contributed by atoms with van der Waals surface area (Å²) in [5, 5.41) is 7.82. The van der Waals surface area contributed by atoms with Crippen molar-refractivity contribution < 1.29 is 18.7 Å². The summed E-state index contributed by atoms with van der Waals surface area (Å²) in [7, 11) is 1.51. The first-order chi connectivity index (χ1) is 16.0. The molecule has 0 saturated carbocycles. The fourth-order valence-corrected chi connectivity index (χ4v) is 4.11. The summed E-state index contributed by atoms with van der Waals surface area (Å²) in [6.45, 7) is 2.12. The second-order valence-electron chi connectivity index (χ2n) is 7.68. The van der Waals surface area contributed by atoms with Crippen LogP contribution in [-0.2, 0) is 13.0 Å². The highest BCUT2D eigenvalue weighted by molar-refractivity contribution is 6.31. The molecule has 0 saturated heterocycles. The lowest BCUT2D eigenvalue weighted by atomic mass is 9.93. The molecular formula is C25H24ClN3O4. The number of carbonyl (C=O) groups excluding carboxylic acids is 2. The van der Waals surface area contributed by atoms with Crippen molar-refractivity contribution in [2.75, 3.05) is 7.11 Å². The van der Waals surface area contributed by atoms with E-state index in [4.69, 9.17) is 20.8 Å². The number of amides is 2. The average Bonchev–Trinajstić information content (AvgIpc) is 3.19. The molecule has 8 heteroatoms. The van der Waals surface area contributed by atoms with Gasteiger partial charge in [0.15, 0.2) is 5.76 Å². The summed E-state index contributed by atoms with van der Waals surface area (Å²) in [6.07, 6.45) is 2.18. The molecule has 7 nitrogen and oxygen atoms in total. The van der Waals surface area contributed by atoms with E-state index in [2.05, 4.69) is 15.8 Å². The molecule has 2 aromatic carbocycles. The topological polar surface area (TPSA) is 92.9 Å². The number of hydrogen-bond donors (Lipinski definition) is 2. The molecule has 0 aliphatic heterocycles. The molecule has 170 valence electrons. The van der Waals surface area contributed by atoms with Gasteiger partial charge in [-0.1, -0.05) is 41.9 Å². The van der Waals surface area contributed by atoms with Gasteiger partial charge in [0.1, 0.15) is 11.5 Å². The number of nitrogens with zero attached hydrogens (tertiary/aromatic N) is 1. The van der Waals surface area contributed by atoms with Crippen LogP contribution in [0.3, 0.4) is 0 Å². The molecule has 33 heavy (non-hydrogen) atoms. The molecule has 0 atom stereocenters. The van der Waals surface area contributed by atoms with Crippen LogP contribution in [0, 0.1) is 6.92 Å². The van der Waals surface area contributed by atoms with E-state index in [-0.39, 0.29) is 17.6 Å². The normalized spacial score (nSPS) is 14.0. The first kappa shape index (κ1) is 22.6. The molecular weight excluding hydrogens is 442 g/mol. The Kier molecular flexibility index (Phi) is 6.79. The molecule has 0 radical (unpaired) electrons. The maximum atomic E-state index is 12.8. The van der Waals surface area contributed by atoms with Crippen LogP contribution in [0.4, 0.5) is 0 Å². The summed E-state index contributed by atoms with van der Waals surface area (Å²) in [6, 6.07) is 14.3. The average molecular weight is 466 g/mol. The van der Waals surface area contributed by atoms with Crippen molar-refractivity contribution in [3.05, 3.63) is 87.3 Å². The first-order valence-corrected chi connectivity index (χ1v) is 11.0. The second kappa shape index (κ2) is 9.92. The minimum atomic E-state index is -0.370. The van der Waals surface area contributed by atoms with Crippen LogP contribution in [0.5, 0.6) is 5.75 Å². The number of rotatable bonds is 6. The number of ether oxygens (including phenoxy) is 1. The molecule has 0 spiro atoms. The van der Waals surface area contributed by atoms with E-state index in [0.29, 0.717) is 52.8 Å². The quantitative estimate of drug-likeness (QED) is 0.518. The van der Waals surface area contributed by atoms with E-state index in [1.165, 1.54) is 7.11 Å². The van der Waals surface area contributed by atoms with Gasteiger partial charge in [0.25, 0.3) is 11.8 Å². The lowest BCUT2D eigenvalue weighted by molar-refractivity contribution is 0.0918. The summed E-state index contributed by atoms with van der Waals surface area (Å²) in [5.74, 6) is 0.728. The maximum Gasteiger partial charge on any atom is 0.287 e. The number of hydrazone groups is 1. The van der Waals surface area contributed by atoms with E-state index in [1.807, 2.05) is 25.1 Å². The number of aryl methyl sites for hydroxylation is 1. The van der Waals surface area contributed by atoms with E-state index < -0.39 is 0 Å². The zero-order valence-corrected chi connectivity index (χ0v) is 19.2. The molecule has 1 aliphatic rings. The van der Waals surface area contributed by atoms with Crippen molar-refractivity contribution in [3.63, 3.8) is 0 Å². The van der Waals surface area contributed by atoms with Gasteiger partial charge >= 0.3 is 0 Å². The third-order valence-corrected chi connectivity index (χ3v) is 5.94. The van der Waals surface area contributed by atoms with Gasteiger partial charge in [-0.25, -0.2) is 5.43 Å². The van der Waals surface area contributed by atoms with Gasteiger partial charge in [0.2, 0.25) is 0 Å². The van der Waals surface area contributed by atoms with Crippen LogP contribution in [0.15, 0.2) is 58.0 Å². The second-order valence-corrected chi connectivity index (χ2v) is 8.09. The highest BCUT2D eigenvalue weighted by Gasteiger charge is 2.28. The highest BCUT2D eigenvalue weighted by Crippen LogP contribution is 2.30. The van der Waals surface area contributed by atoms with Crippen LogP contribution in [0.1, 0.15) is 56.2 Å². The molecule has 2 N–H and O–H groups in total. The standard InChI is InChI=1S/C25H24ClN3O4/c1-15-22-19(28-29-24(30)17-9-4-6-12-20(17)32-2)11-7-13-21(22)33-23(15)25(31)27-14-16-8-3-5-10-18(16)26/h3-6,8-10,12H,7,11,13-14H2,1-2H3,(H,27,31)(H,29,30)/b28-19+. The van der Waals surface area contributed by atoms with Crippen molar-refractivity contribution in [2.24, 2.45) is 5.10 Å². The van der Waals surface area contributed by atoms with Crippen molar-refractivity contribution in [3.8, 4) is 5.75 Å². The van der Waals surface area contributed by atoms with Crippen LogP contribution in [0.25, 0.3) is 0 Å². The van der Waals surface area contributed by atoms with E-state index >= 15 is 0 Å². The molecule has 4 rings (SSSR count). The summed E-state index contributed by atoms with van der Waals surface area (Å²) < 4.78 is 11.2. The molecule has 0 bridgehead atoms. The lowest BCUT2D eigenvalue weighted by Gasteiger charge is -2.14. The number of para-hydroxylation sites is 1. The van der Waals surface area contributed by atoms with Crippen molar-refractivity contribution in [2.45, 2.75) is 32.7 Å². The molecule has 0 fully saturated rings. The van der Waals surface area contributed by atoms with Crippen LogP contribution in [-0.4, -0.2) is 24.6 Å². The molecule has 1 aromatic heterocycles. The number of benzene rings is 2. The highest BCUT2D eigenvalue weighted by atomic mass is 35.5. The number of fused-ring (bicyclic) bond motifs is 1. The minimum absolute atomic E-state index is 0.248. The van der Waals surface area contributed by atoms with E-state index in [0.717, 1.165) is 17.5 Å². The van der Waals surface area contributed by atoms with Crippen LogP contribution >= 0.6 is 11.6 Å². The zero-order valence-electron chi connectivity index (χ0n) is 18.4. The first-order valence-electron chi connectivity index (χ1n) is 10.6. The lowest BCUT2D eigenvalue weighted by Crippen LogP contribution is -2.24. The summed E-state index contributed by atoms with van der Waals surface area (Å²) in [5.41, 5.74) is 6.00. The predicted molar refractivity (Wildman–Crippen MR) is 126 cm³/mol.